The van der Waals surface area contributed by atoms with Crippen molar-refractivity contribution in [2.75, 3.05) is 26.3 Å². The van der Waals surface area contributed by atoms with Gasteiger partial charge in [0.15, 0.2) is 0 Å². The zero-order valence-electron chi connectivity index (χ0n) is 13.3. The van der Waals surface area contributed by atoms with Gasteiger partial charge in [-0.1, -0.05) is 0 Å². The minimum Gasteiger partial charge on any atom is -0.376 e. The average Bonchev–Trinajstić information content (AvgIpc) is 2.52. The van der Waals surface area contributed by atoms with Gasteiger partial charge in [0.2, 0.25) is 5.91 Å². The van der Waals surface area contributed by atoms with E-state index in [9.17, 15) is 4.79 Å². The lowest BCUT2D eigenvalue weighted by Gasteiger charge is -2.33. The van der Waals surface area contributed by atoms with Crippen molar-refractivity contribution in [2.45, 2.75) is 70.1 Å². The number of ether oxygens (including phenoxy) is 2. The number of rotatable bonds is 6. The Balaban J connectivity index is 1.60. The van der Waals surface area contributed by atoms with Crippen molar-refractivity contribution in [3.05, 3.63) is 0 Å². The third-order valence-electron chi connectivity index (χ3n) is 4.40. The maximum Gasteiger partial charge on any atom is 0.222 e. The maximum absolute atomic E-state index is 12.0. The minimum absolute atomic E-state index is 0.102. The third kappa shape index (κ3) is 5.93. The molecule has 2 N–H and O–H groups in total. The van der Waals surface area contributed by atoms with E-state index in [1.807, 2.05) is 11.8 Å². The SMILES string of the molecule is CC(N)CCC(=O)N1CCC(OCC2CCCCO2)CC1. The van der Waals surface area contributed by atoms with Gasteiger partial charge in [0.1, 0.15) is 0 Å². The van der Waals surface area contributed by atoms with E-state index >= 15 is 0 Å². The standard InChI is InChI=1S/C16H30N2O3/c1-13(17)5-6-16(19)18-9-7-14(8-10-18)21-12-15-4-2-3-11-20-15/h13-15H,2-12,17H2,1H3. The van der Waals surface area contributed by atoms with Crippen LogP contribution in [0.25, 0.3) is 0 Å². The van der Waals surface area contributed by atoms with E-state index in [0.717, 1.165) is 45.4 Å². The predicted octanol–water partition coefficient (Wildman–Crippen LogP) is 1.69. The first kappa shape index (κ1) is 16.7. The lowest BCUT2D eigenvalue weighted by Crippen LogP contribution is -2.42. The lowest BCUT2D eigenvalue weighted by molar-refractivity contribution is -0.135. The fraction of sp³-hybridized carbons (Fsp3) is 0.938. The van der Waals surface area contributed by atoms with Crippen LogP contribution in [0.2, 0.25) is 0 Å². The second-order valence-corrected chi connectivity index (χ2v) is 6.42. The fourth-order valence-electron chi connectivity index (χ4n) is 2.96. The molecule has 1 amide bonds. The number of piperidine rings is 1. The molecule has 0 aliphatic carbocycles. The van der Waals surface area contributed by atoms with Gasteiger partial charge in [0.05, 0.1) is 18.8 Å². The van der Waals surface area contributed by atoms with E-state index in [1.54, 1.807) is 0 Å². The molecule has 0 aromatic heterocycles. The van der Waals surface area contributed by atoms with Gasteiger partial charge >= 0.3 is 0 Å². The van der Waals surface area contributed by atoms with Gasteiger partial charge in [-0.15, -0.1) is 0 Å². The summed E-state index contributed by atoms with van der Waals surface area (Å²) >= 11 is 0. The van der Waals surface area contributed by atoms with Crippen molar-refractivity contribution in [1.29, 1.82) is 0 Å². The molecule has 2 heterocycles. The number of amides is 1. The summed E-state index contributed by atoms with van der Waals surface area (Å²) in [5, 5.41) is 0. The van der Waals surface area contributed by atoms with Crippen molar-refractivity contribution in [3.8, 4) is 0 Å². The Bertz CT molecular complexity index is 309. The van der Waals surface area contributed by atoms with Gasteiger partial charge in [0.25, 0.3) is 0 Å². The Morgan fingerprint density at radius 3 is 2.71 bits per heavy atom. The van der Waals surface area contributed by atoms with Crippen LogP contribution in [-0.2, 0) is 14.3 Å². The fourth-order valence-corrected chi connectivity index (χ4v) is 2.96. The molecule has 2 fully saturated rings. The van der Waals surface area contributed by atoms with Crippen molar-refractivity contribution in [3.63, 3.8) is 0 Å². The normalized spacial score (nSPS) is 25.8. The number of hydrogen-bond acceptors (Lipinski definition) is 4. The van der Waals surface area contributed by atoms with Gasteiger partial charge in [-0.25, -0.2) is 0 Å². The minimum atomic E-state index is 0.102. The molecule has 122 valence electrons. The molecular formula is C16H30N2O3. The molecule has 21 heavy (non-hydrogen) atoms. The van der Waals surface area contributed by atoms with Crippen LogP contribution in [0.5, 0.6) is 0 Å². The first-order valence-corrected chi connectivity index (χ1v) is 8.41. The Morgan fingerprint density at radius 1 is 1.33 bits per heavy atom. The summed E-state index contributed by atoms with van der Waals surface area (Å²) in [6.07, 6.45) is 7.34. The number of nitrogens with two attached hydrogens (primary N) is 1. The highest BCUT2D eigenvalue weighted by Crippen LogP contribution is 2.18. The molecule has 0 saturated carbocycles. The number of nitrogens with zero attached hydrogens (tertiary/aromatic N) is 1. The number of carbonyl (C=O) groups is 1. The average molecular weight is 298 g/mol. The Hall–Kier alpha value is -0.650. The monoisotopic (exact) mass is 298 g/mol. The Kier molecular flexibility index (Phi) is 6.93. The van der Waals surface area contributed by atoms with Crippen molar-refractivity contribution in [1.82, 2.24) is 4.90 Å². The van der Waals surface area contributed by atoms with Gasteiger partial charge in [-0.3, -0.25) is 4.79 Å². The summed E-state index contributed by atoms with van der Waals surface area (Å²) in [6.45, 7) is 5.16. The van der Waals surface area contributed by atoms with E-state index in [4.69, 9.17) is 15.2 Å². The summed E-state index contributed by atoms with van der Waals surface area (Å²) in [5.74, 6) is 0.237. The van der Waals surface area contributed by atoms with Crippen LogP contribution in [-0.4, -0.2) is 55.4 Å². The number of carbonyl (C=O) groups excluding carboxylic acids is 1. The van der Waals surface area contributed by atoms with Crippen LogP contribution < -0.4 is 5.73 Å². The van der Waals surface area contributed by atoms with Gasteiger partial charge in [-0.05, 0) is 45.4 Å². The lowest BCUT2D eigenvalue weighted by atomic mass is 10.1. The van der Waals surface area contributed by atoms with Crippen molar-refractivity contribution >= 4 is 5.91 Å². The van der Waals surface area contributed by atoms with Gasteiger partial charge in [0, 0.05) is 32.2 Å². The van der Waals surface area contributed by atoms with Crippen LogP contribution in [0.3, 0.4) is 0 Å². The van der Waals surface area contributed by atoms with Crippen molar-refractivity contribution in [2.24, 2.45) is 5.73 Å². The second kappa shape index (κ2) is 8.71. The highest BCUT2D eigenvalue weighted by Gasteiger charge is 2.24. The quantitative estimate of drug-likeness (QED) is 0.810. The third-order valence-corrected chi connectivity index (χ3v) is 4.40. The van der Waals surface area contributed by atoms with E-state index in [1.165, 1.54) is 12.8 Å². The molecule has 0 aromatic carbocycles. The topological polar surface area (TPSA) is 64.8 Å². The first-order chi connectivity index (χ1) is 10.1. The van der Waals surface area contributed by atoms with E-state index in [2.05, 4.69) is 0 Å². The van der Waals surface area contributed by atoms with Crippen LogP contribution >= 0.6 is 0 Å². The van der Waals surface area contributed by atoms with Crippen LogP contribution in [0.4, 0.5) is 0 Å². The highest BCUT2D eigenvalue weighted by atomic mass is 16.5. The zero-order chi connectivity index (χ0) is 15.1. The molecule has 2 atom stereocenters. The largest absolute Gasteiger partial charge is 0.376 e. The molecule has 2 unspecified atom stereocenters. The van der Waals surface area contributed by atoms with Crippen molar-refractivity contribution < 1.29 is 14.3 Å². The molecule has 0 aromatic rings. The summed E-state index contributed by atoms with van der Waals surface area (Å²) in [7, 11) is 0. The highest BCUT2D eigenvalue weighted by molar-refractivity contribution is 5.76. The number of likely N-dealkylation sites (tertiary alicyclic amines) is 1. The molecule has 2 saturated heterocycles. The van der Waals surface area contributed by atoms with E-state index in [0.29, 0.717) is 13.0 Å². The molecule has 2 rings (SSSR count). The Labute approximate surface area is 128 Å². The molecular weight excluding hydrogens is 268 g/mol. The molecule has 0 bridgehead atoms. The van der Waals surface area contributed by atoms with Crippen LogP contribution in [0.1, 0.15) is 51.9 Å². The molecule has 0 spiro atoms. The molecule has 5 heteroatoms. The predicted molar refractivity (Wildman–Crippen MR) is 82.0 cm³/mol. The van der Waals surface area contributed by atoms with Crippen LogP contribution in [0.15, 0.2) is 0 Å². The molecule has 2 aliphatic rings. The van der Waals surface area contributed by atoms with Crippen LogP contribution in [0, 0.1) is 0 Å². The second-order valence-electron chi connectivity index (χ2n) is 6.42. The molecule has 5 nitrogen and oxygen atoms in total. The Morgan fingerprint density at radius 2 is 2.10 bits per heavy atom. The van der Waals surface area contributed by atoms with E-state index < -0.39 is 0 Å². The smallest absolute Gasteiger partial charge is 0.222 e. The maximum atomic E-state index is 12.0. The summed E-state index contributed by atoms with van der Waals surface area (Å²) in [5.41, 5.74) is 5.70. The van der Waals surface area contributed by atoms with E-state index in [-0.39, 0.29) is 24.2 Å². The summed E-state index contributed by atoms with van der Waals surface area (Å²) in [4.78, 5) is 14.0. The number of hydrogen-bond donors (Lipinski definition) is 1. The van der Waals surface area contributed by atoms with Gasteiger partial charge < -0.3 is 20.1 Å². The summed E-state index contributed by atoms with van der Waals surface area (Å²) in [6, 6.07) is 0.102. The van der Waals surface area contributed by atoms with Gasteiger partial charge in [-0.2, -0.15) is 0 Å². The first-order valence-electron chi connectivity index (χ1n) is 8.41. The zero-order valence-corrected chi connectivity index (χ0v) is 13.3. The summed E-state index contributed by atoms with van der Waals surface area (Å²) < 4.78 is 11.6. The molecule has 2 aliphatic heterocycles. The molecule has 0 radical (unpaired) electrons.